The topological polar surface area (TPSA) is 71.3 Å². The minimum absolute atomic E-state index is 0.278. The van der Waals surface area contributed by atoms with Gasteiger partial charge < -0.3 is 15.1 Å². The van der Waals surface area contributed by atoms with E-state index in [9.17, 15) is 9.59 Å². The summed E-state index contributed by atoms with van der Waals surface area (Å²) >= 11 is 12.0. The average Bonchev–Trinajstić information content (AvgIpc) is 3.18. The Bertz CT molecular complexity index is 981. The van der Waals surface area contributed by atoms with Crippen molar-refractivity contribution in [3.63, 3.8) is 0 Å². The fraction of sp³-hybridized carbons (Fsp3) is 0. The molecule has 0 aliphatic rings. The number of nitrogens with one attached hydrogen (secondary N) is 2. The van der Waals surface area contributed by atoms with Gasteiger partial charge in [-0.15, -0.1) is 0 Å². The van der Waals surface area contributed by atoms with Crippen molar-refractivity contribution in [3.8, 4) is 0 Å². The van der Waals surface area contributed by atoms with Crippen molar-refractivity contribution in [1.82, 2.24) is 0 Å². The number of anilines is 2. The van der Waals surface area contributed by atoms with Gasteiger partial charge in [0.25, 0.3) is 5.91 Å². The lowest BCUT2D eigenvalue weighted by molar-refractivity contribution is -0.111. The Morgan fingerprint density at radius 1 is 0.926 bits per heavy atom. The summed E-state index contributed by atoms with van der Waals surface area (Å²) in [6.45, 7) is 0. The molecule has 0 unspecified atom stereocenters. The molecule has 2 N–H and O–H groups in total. The summed E-state index contributed by atoms with van der Waals surface area (Å²) in [6, 6.07) is 14.9. The summed E-state index contributed by atoms with van der Waals surface area (Å²) in [4.78, 5) is 24.2. The summed E-state index contributed by atoms with van der Waals surface area (Å²) in [5.41, 5.74) is 1.39. The molecule has 2 amide bonds. The van der Waals surface area contributed by atoms with Crippen molar-refractivity contribution >= 4 is 52.5 Å². The fourth-order valence-electron chi connectivity index (χ4n) is 2.23. The molecule has 27 heavy (non-hydrogen) atoms. The Kier molecular flexibility index (Phi) is 5.96. The Morgan fingerprint density at radius 2 is 1.70 bits per heavy atom. The van der Waals surface area contributed by atoms with E-state index >= 15 is 0 Å². The average molecular weight is 401 g/mol. The zero-order chi connectivity index (χ0) is 19.2. The third-order valence-electron chi connectivity index (χ3n) is 3.56. The van der Waals surface area contributed by atoms with Crippen molar-refractivity contribution in [2.75, 3.05) is 10.6 Å². The van der Waals surface area contributed by atoms with Crippen LogP contribution in [-0.2, 0) is 4.79 Å². The molecule has 2 aromatic carbocycles. The van der Waals surface area contributed by atoms with Gasteiger partial charge >= 0.3 is 0 Å². The van der Waals surface area contributed by atoms with E-state index < -0.39 is 0 Å². The molecule has 0 aliphatic carbocycles. The lowest BCUT2D eigenvalue weighted by atomic mass is 10.2. The summed E-state index contributed by atoms with van der Waals surface area (Å²) in [5, 5.41) is 6.03. The maximum Gasteiger partial charge on any atom is 0.255 e. The van der Waals surface area contributed by atoms with E-state index in [2.05, 4.69) is 10.6 Å². The van der Waals surface area contributed by atoms with E-state index in [1.54, 1.807) is 60.7 Å². The largest absolute Gasteiger partial charge is 0.465 e. The highest BCUT2D eigenvalue weighted by Gasteiger charge is 2.10. The van der Waals surface area contributed by atoms with Crippen molar-refractivity contribution in [3.05, 3.63) is 88.3 Å². The lowest BCUT2D eigenvalue weighted by Gasteiger charge is -2.09. The highest BCUT2D eigenvalue weighted by Crippen LogP contribution is 2.29. The van der Waals surface area contributed by atoms with E-state index in [1.165, 1.54) is 12.3 Å². The molecule has 0 spiro atoms. The quantitative estimate of drug-likeness (QED) is 0.556. The number of rotatable bonds is 5. The van der Waals surface area contributed by atoms with E-state index in [1.807, 2.05) is 0 Å². The van der Waals surface area contributed by atoms with Crippen LogP contribution in [0.1, 0.15) is 16.1 Å². The molecule has 5 nitrogen and oxygen atoms in total. The molecular formula is C20H14Cl2N2O3. The van der Waals surface area contributed by atoms with Crippen LogP contribution >= 0.6 is 23.2 Å². The SMILES string of the molecule is O=C(C=Cc1ccco1)Nc1ccc(C(=O)Nc2cccc(Cl)c2Cl)cc1. The van der Waals surface area contributed by atoms with Crippen LogP contribution in [0.4, 0.5) is 11.4 Å². The molecule has 0 fully saturated rings. The molecule has 7 heteroatoms. The van der Waals surface area contributed by atoms with Gasteiger partial charge in [-0.05, 0) is 54.6 Å². The van der Waals surface area contributed by atoms with Crippen LogP contribution in [0.15, 0.2) is 71.4 Å². The Balaban J connectivity index is 1.61. The molecular weight excluding hydrogens is 387 g/mol. The van der Waals surface area contributed by atoms with Gasteiger partial charge in [-0.2, -0.15) is 0 Å². The Morgan fingerprint density at radius 3 is 2.41 bits per heavy atom. The van der Waals surface area contributed by atoms with Gasteiger partial charge in [0.05, 0.1) is 22.0 Å². The van der Waals surface area contributed by atoms with Gasteiger partial charge in [-0.1, -0.05) is 29.3 Å². The minimum atomic E-state index is -0.338. The van der Waals surface area contributed by atoms with Crippen LogP contribution < -0.4 is 10.6 Å². The van der Waals surface area contributed by atoms with Gasteiger partial charge in [-0.25, -0.2) is 0 Å². The molecule has 1 aromatic heterocycles. The predicted molar refractivity (Wildman–Crippen MR) is 107 cm³/mol. The molecule has 3 rings (SSSR count). The number of furan rings is 1. The number of amides is 2. The van der Waals surface area contributed by atoms with Gasteiger partial charge in [0, 0.05) is 17.3 Å². The molecule has 0 atom stereocenters. The number of halogens is 2. The maximum atomic E-state index is 12.3. The first-order chi connectivity index (χ1) is 13.0. The Labute approximate surface area is 165 Å². The third-order valence-corrected chi connectivity index (χ3v) is 4.38. The third kappa shape index (κ3) is 5.00. The summed E-state index contributed by atoms with van der Waals surface area (Å²) in [6.07, 6.45) is 4.45. The van der Waals surface area contributed by atoms with E-state index in [0.29, 0.717) is 27.7 Å². The first-order valence-corrected chi connectivity index (χ1v) is 8.66. The lowest BCUT2D eigenvalue weighted by Crippen LogP contribution is -2.13. The van der Waals surface area contributed by atoms with Gasteiger partial charge in [0.15, 0.2) is 0 Å². The van der Waals surface area contributed by atoms with Crippen molar-refractivity contribution in [2.24, 2.45) is 0 Å². The molecule has 3 aromatic rings. The second-order valence-electron chi connectivity index (χ2n) is 5.47. The zero-order valence-corrected chi connectivity index (χ0v) is 15.4. The maximum absolute atomic E-state index is 12.3. The normalized spacial score (nSPS) is 10.7. The van der Waals surface area contributed by atoms with Crippen LogP contribution in [0, 0.1) is 0 Å². The number of hydrogen-bond donors (Lipinski definition) is 2. The van der Waals surface area contributed by atoms with Gasteiger partial charge in [0.2, 0.25) is 5.91 Å². The zero-order valence-electron chi connectivity index (χ0n) is 13.9. The number of hydrogen-bond acceptors (Lipinski definition) is 3. The number of carbonyl (C=O) groups is 2. The summed E-state index contributed by atoms with van der Waals surface area (Å²) < 4.78 is 5.11. The molecule has 136 valence electrons. The minimum Gasteiger partial charge on any atom is -0.465 e. The second kappa shape index (κ2) is 8.58. The van der Waals surface area contributed by atoms with Crippen LogP contribution in [0.5, 0.6) is 0 Å². The van der Waals surface area contributed by atoms with E-state index in [-0.39, 0.29) is 16.8 Å². The van der Waals surface area contributed by atoms with Gasteiger partial charge in [0.1, 0.15) is 5.76 Å². The summed E-state index contributed by atoms with van der Waals surface area (Å²) in [5.74, 6) is -0.0686. The highest BCUT2D eigenvalue weighted by molar-refractivity contribution is 6.44. The van der Waals surface area contributed by atoms with Crippen molar-refractivity contribution < 1.29 is 14.0 Å². The molecule has 0 bridgehead atoms. The van der Waals surface area contributed by atoms with Crippen molar-refractivity contribution in [2.45, 2.75) is 0 Å². The summed E-state index contributed by atoms with van der Waals surface area (Å²) in [7, 11) is 0. The standard InChI is InChI=1S/C20H14Cl2N2O3/c21-16-4-1-5-17(19(16)22)24-20(26)13-6-8-14(9-7-13)23-18(25)11-10-15-3-2-12-27-15/h1-12H,(H,23,25)(H,24,26). The molecule has 0 saturated heterocycles. The van der Waals surface area contributed by atoms with Crippen LogP contribution in [0.2, 0.25) is 10.0 Å². The molecule has 0 saturated carbocycles. The molecule has 1 heterocycles. The fourth-order valence-corrected chi connectivity index (χ4v) is 2.58. The molecule has 0 radical (unpaired) electrons. The van der Waals surface area contributed by atoms with E-state index in [4.69, 9.17) is 27.6 Å². The van der Waals surface area contributed by atoms with Crippen LogP contribution in [0.25, 0.3) is 6.08 Å². The van der Waals surface area contributed by atoms with Gasteiger partial charge in [-0.3, -0.25) is 9.59 Å². The Hall–Kier alpha value is -3.02. The number of benzene rings is 2. The van der Waals surface area contributed by atoms with Crippen LogP contribution in [0.3, 0.4) is 0 Å². The number of carbonyl (C=O) groups excluding carboxylic acids is 2. The first-order valence-electron chi connectivity index (χ1n) is 7.91. The van der Waals surface area contributed by atoms with Crippen LogP contribution in [-0.4, -0.2) is 11.8 Å². The van der Waals surface area contributed by atoms with E-state index in [0.717, 1.165) is 0 Å². The predicted octanol–water partition coefficient (Wildman–Crippen LogP) is 5.49. The molecule has 0 aliphatic heterocycles. The van der Waals surface area contributed by atoms with Crippen molar-refractivity contribution in [1.29, 1.82) is 0 Å². The second-order valence-corrected chi connectivity index (χ2v) is 6.26. The highest BCUT2D eigenvalue weighted by atomic mass is 35.5. The monoisotopic (exact) mass is 400 g/mol. The first kappa shape index (κ1) is 18.8. The smallest absolute Gasteiger partial charge is 0.255 e.